The van der Waals surface area contributed by atoms with Crippen LogP contribution in [0.3, 0.4) is 0 Å². The van der Waals surface area contributed by atoms with Crippen molar-refractivity contribution < 1.29 is 25.2 Å². The third-order valence-electron chi connectivity index (χ3n) is 10.3. The Balaban J connectivity index is 0.00000256. The molecule has 6 nitrogen and oxygen atoms in total. The number of carbonyl (C=O) groups is 1. The summed E-state index contributed by atoms with van der Waals surface area (Å²) in [5, 5.41) is 42.0. The molecule has 30 heavy (non-hydrogen) atoms. The quantitative estimate of drug-likeness (QED) is 0.467. The van der Waals surface area contributed by atoms with E-state index in [4.69, 9.17) is 5.11 Å². The molecule has 0 aromatic heterocycles. The van der Waals surface area contributed by atoms with Gasteiger partial charge in [0.2, 0.25) is 0 Å². The highest BCUT2D eigenvalue weighted by Gasteiger charge is 2.65. The van der Waals surface area contributed by atoms with Gasteiger partial charge >= 0.3 is 5.97 Å². The molecule has 11 atom stereocenters. The zero-order valence-corrected chi connectivity index (χ0v) is 19.0. The fraction of sp³-hybridized carbons (Fsp3) is 0.958. The molecule has 4 fully saturated rings. The number of hydrogen-bond donors (Lipinski definition) is 5. The molecule has 7 N–H and O–H groups in total. The molecule has 0 heterocycles. The monoisotopic (exact) mass is 425 g/mol. The number of carboxylic acids is 1. The van der Waals surface area contributed by atoms with E-state index < -0.39 is 12.1 Å². The first-order chi connectivity index (χ1) is 13.6. The molecule has 0 aromatic rings. The van der Waals surface area contributed by atoms with Crippen molar-refractivity contribution in [2.45, 2.75) is 96.9 Å². The van der Waals surface area contributed by atoms with Gasteiger partial charge in [-0.15, -0.1) is 0 Å². The Hall–Kier alpha value is -0.690. The molecule has 4 aliphatic carbocycles. The Kier molecular flexibility index (Phi) is 6.66. The first kappa shape index (κ1) is 24.0. The number of aliphatic hydroxyl groups is 3. The van der Waals surface area contributed by atoms with Crippen molar-refractivity contribution in [1.29, 1.82) is 0 Å². The van der Waals surface area contributed by atoms with E-state index in [1.807, 2.05) is 0 Å². The lowest BCUT2D eigenvalue weighted by atomic mass is 9.43. The molecule has 0 aromatic carbocycles. The van der Waals surface area contributed by atoms with E-state index in [0.29, 0.717) is 30.1 Å². The predicted molar refractivity (Wildman–Crippen MR) is 115 cm³/mol. The molecular weight excluding hydrogens is 382 g/mol. The van der Waals surface area contributed by atoms with Gasteiger partial charge in [-0.2, -0.15) is 0 Å². The Morgan fingerprint density at radius 1 is 1.03 bits per heavy atom. The van der Waals surface area contributed by atoms with E-state index >= 15 is 0 Å². The summed E-state index contributed by atoms with van der Waals surface area (Å²) in [4.78, 5) is 11.1. The smallest absolute Gasteiger partial charge is 0.303 e. The van der Waals surface area contributed by atoms with Gasteiger partial charge < -0.3 is 26.6 Å². The summed E-state index contributed by atoms with van der Waals surface area (Å²) in [6, 6.07) is 0. The van der Waals surface area contributed by atoms with Crippen LogP contribution in [0.15, 0.2) is 0 Å². The van der Waals surface area contributed by atoms with Crippen LogP contribution in [-0.4, -0.2) is 44.7 Å². The van der Waals surface area contributed by atoms with E-state index in [9.17, 15) is 20.1 Å². The first-order valence-electron chi connectivity index (χ1n) is 11.8. The molecule has 6 heteroatoms. The second-order valence-electron chi connectivity index (χ2n) is 11.4. The van der Waals surface area contributed by atoms with Crippen molar-refractivity contribution in [3.63, 3.8) is 0 Å². The van der Waals surface area contributed by atoms with E-state index in [1.165, 1.54) is 0 Å². The topological polar surface area (TPSA) is 133 Å². The number of carboxylic acid groups (broad SMARTS) is 1. The first-order valence-corrected chi connectivity index (χ1v) is 11.8. The van der Waals surface area contributed by atoms with Crippen molar-refractivity contribution in [3.8, 4) is 0 Å². The van der Waals surface area contributed by atoms with E-state index in [2.05, 4.69) is 20.8 Å². The third kappa shape index (κ3) is 3.52. The van der Waals surface area contributed by atoms with Gasteiger partial charge in [-0.1, -0.05) is 20.8 Å². The van der Waals surface area contributed by atoms with E-state index in [0.717, 1.165) is 44.9 Å². The van der Waals surface area contributed by atoms with E-state index in [-0.39, 0.29) is 47.4 Å². The van der Waals surface area contributed by atoms with Crippen LogP contribution in [0.2, 0.25) is 0 Å². The number of rotatable bonds is 4. The normalized spacial score (nSPS) is 51.1. The van der Waals surface area contributed by atoms with Gasteiger partial charge in [-0.05, 0) is 97.7 Å². The highest BCUT2D eigenvalue weighted by atomic mass is 16.4. The average molecular weight is 426 g/mol. The molecule has 174 valence electrons. The van der Waals surface area contributed by atoms with Crippen molar-refractivity contribution in [3.05, 3.63) is 0 Å². The summed E-state index contributed by atoms with van der Waals surface area (Å²) in [6.07, 6.45) is 6.00. The maximum Gasteiger partial charge on any atom is 0.303 e. The average Bonchev–Trinajstić information content (AvgIpc) is 3.01. The summed E-state index contributed by atoms with van der Waals surface area (Å²) >= 11 is 0. The summed E-state index contributed by atoms with van der Waals surface area (Å²) in [5.41, 5.74) is -0.143. The Morgan fingerprint density at radius 2 is 1.73 bits per heavy atom. The van der Waals surface area contributed by atoms with Gasteiger partial charge in [0.25, 0.3) is 0 Å². The van der Waals surface area contributed by atoms with Crippen LogP contribution in [0.5, 0.6) is 0 Å². The summed E-state index contributed by atoms with van der Waals surface area (Å²) in [5.74, 6) is 0.997. The van der Waals surface area contributed by atoms with Crippen LogP contribution < -0.4 is 6.15 Å². The number of aliphatic carboxylic acids is 1. The number of hydrogen-bond acceptors (Lipinski definition) is 5. The third-order valence-corrected chi connectivity index (χ3v) is 10.3. The molecule has 0 saturated heterocycles. The molecule has 0 unspecified atom stereocenters. The van der Waals surface area contributed by atoms with Crippen LogP contribution in [0.25, 0.3) is 0 Å². The summed E-state index contributed by atoms with van der Waals surface area (Å²) in [7, 11) is 0. The standard InChI is InChI=1S/C24H40O5.H3N/c1-13(4-7-21(28)29)16-5-6-17-22-18(12-20(27)24(16,17)3)23(2)9-8-15(25)10-14(23)11-19(22)26;/h13-20,22,25-27H,4-12H2,1-3H3,(H,28,29);1H3/t13-,14+,15-,16-,17+,18+,19-,20+,22+,23+,24-;/m1./s1. The second kappa shape index (κ2) is 8.34. The maximum atomic E-state index is 11.5. The minimum atomic E-state index is -0.748. The maximum absolute atomic E-state index is 11.5. The highest BCUT2D eigenvalue weighted by molar-refractivity contribution is 5.66. The molecule has 4 rings (SSSR count). The van der Waals surface area contributed by atoms with Crippen LogP contribution in [-0.2, 0) is 4.79 Å². The summed E-state index contributed by atoms with van der Waals surface area (Å²) in [6.45, 7) is 6.72. The molecule has 0 radical (unpaired) electrons. The molecule has 0 amide bonds. The molecule has 4 aliphatic rings. The van der Waals surface area contributed by atoms with Crippen LogP contribution in [0.4, 0.5) is 0 Å². The Labute approximate surface area is 181 Å². The minimum absolute atomic E-state index is 0. The van der Waals surface area contributed by atoms with Crippen LogP contribution >= 0.6 is 0 Å². The minimum Gasteiger partial charge on any atom is -0.481 e. The SMILES string of the molecule is C[C@H](CCC(=O)O)[C@H]1CC[C@H]2[C@@H]3[C@H](O)C[C@@H]4C[C@H](O)CC[C@]4(C)[C@H]3C[C@H](O)[C@]12C.N. The molecule has 4 saturated carbocycles. The van der Waals surface area contributed by atoms with Gasteiger partial charge in [0, 0.05) is 6.42 Å². The largest absolute Gasteiger partial charge is 0.481 e. The molecule has 0 aliphatic heterocycles. The summed E-state index contributed by atoms with van der Waals surface area (Å²) < 4.78 is 0. The fourth-order valence-electron chi connectivity index (χ4n) is 8.68. The highest BCUT2D eigenvalue weighted by Crippen LogP contribution is 2.68. The van der Waals surface area contributed by atoms with Gasteiger partial charge in [0.05, 0.1) is 18.3 Å². The van der Waals surface area contributed by atoms with Crippen molar-refractivity contribution in [2.24, 2.45) is 46.3 Å². The van der Waals surface area contributed by atoms with Crippen LogP contribution in [0, 0.1) is 46.3 Å². The second-order valence-corrected chi connectivity index (χ2v) is 11.4. The lowest BCUT2D eigenvalue weighted by Gasteiger charge is -2.63. The van der Waals surface area contributed by atoms with Gasteiger partial charge in [-0.3, -0.25) is 4.79 Å². The Bertz CT molecular complexity index is 643. The molecular formula is C24H43NO5. The van der Waals surface area contributed by atoms with E-state index in [1.54, 1.807) is 0 Å². The number of aliphatic hydroxyl groups excluding tert-OH is 3. The van der Waals surface area contributed by atoms with Gasteiger partial charge in [0.15, 0.2) is 0 Å². The zero-order valence-electron chi connectivity index (χ0n) is 19.0. The molecule has 0 bridgehead atoms. The zero-order chi connectivity index (χ0) is 21.1. The Morgan fingerprint density at radius 3 is 2.40 bits per heavy atom. The van der Waals surface area contributed by atoms with Gasteiger partial charge in [-0.25, -0.2) is 0 Å². The van der Waals surface area contributed by atoms with Crippen LogP contribution in [0.1, 0.15) is 78.6 Å². The molecule has 0 spiro atoms. The lowest BCUT2D eigenvalue weighted by molar-refractivity contribution is -0.207. The predicted octanol–water partition coefficient (Wildman–Crippen LogP) is 3.61. The van der Waals surface area contributed by atoms with Crippen molar-refractivity contribution >= 4 is 5.97 Å². The number of fused-ring (bicyclic) bond motifs is 5. The fourth-order valence-corrected chi connectivity index (χ4v) is 8.68. The van der Waals surface area contributed by atoms with Crippen molar-refractivity contribution in [1.82, 2.24) is 6.15 Å². The van der Waals surface area contributed by atoms with Crippen molar-refractivity contribution in [2.75, 3.05) is 0 Å². The van der Waals surface area contributed by atoms with Gasteiger partial charge in [0.1, 0.15) is 0 Å². The lowest BCUT2D eigenvalue weighted by Crippen LogP contribution is -2.62.